The molecule has 0 N–H and O–H groups in total. The molecule has 0 aliphatic carbocycles. The molecule has 0 spiro atoms. The number of nitrogens with zero attached hydrogens (tertiary/aromatic N) is 5. The van der Waals surface area contributed by atoms with Gasteiger partial charge < -0.3 is 14.4 Å². The number of ketones is 2. The maximum absolute atomic E-state index is 14.5. The van der Waals surface area contributed by atoms with Gasteiger partial charge in [-0.1, -0.05) is 18.2 Å². The van der Waals surface area contributed by atoms with Gasteiger partial charge in [0.2, 0.25) is 5.78 Å². The van der Waals surface area contributed by atoms with Gasteiger partial charge in [0.05, 0.1) is 24.2 Å². The molecule has 1 saturated heterocycles. The van der Waals surface area contributed by atoms with Crippen LogP contribution in [0.15, 0.2) is 96.2 Å². The van der Waals surface area contributed by atoms with Gasteiger partial charge in [-0.3, -0.25) is 19.2 Å². The third kappa shape index (κ3) is 7.35. The van der Waals surface area contributed by atoms with Gasteiger partial charge in [-0.2, -0.15) is 5.10 Å². The minimum absolute atomic E-state index is 0.0660. The van der Waals surface area contributed by atoms with Crippen molar-refractivity contribution in [2.45, 2.75) is 19.4 Å². The summed E-state index contributed by atoms with van der Waals surface area (Å²) in [6.07, 6.45) is 3.31. The highest BCUT2D eigenvalue weighted by molar-refractivity contribution is 6.40. The van der Waals surface area contributed by atoms with Crippen molar-refractivity contribution in [1.29, 1.82) is 0 Å². The first kappa shape index (κ1) is 33.1. The summed E-state index contributed by atoms with van der Waals surface area (Å²) in [6, 6.07) is 17.2. The lowest BCUT2D eigenvalue weighted by Gasteiger charge is -2.35. The lowest BCUT2D eigenvalue weighted by Crippen LogP contribution is -2.51. The Kier molecular flexibility index (Phi) is 9.51. The number of halogens is 4. The van der Waals surface area contributed by atoms with E-state index in [4.69, 9.17) is 0 Å². The Morgan fingerprint density at radius 3 is 2.10 bits per heavy atom. The van der Waals surface area contributed by atoms with Crippen LogP contribution in [0.3, 0.4) is 0 Å². The monoisotopic (exact) mass is 671 g/mol. The molecule has 1 fully saturated rings. The highest BCUT2D eigenvalue weighted by Crippen LogP contribution is 2.21. The van der Waals surface area contributed by atoms with Crippen molar-refractivity contribution in [2.24, 2.45) is 0 Å². The largest absolute Gasteiger partial charge is 0.368 e. The molecule has 13 heteroatoms. The van der Waals surface area contributed by atoms with Crippen molar-refractivity contribution in [2.75, 3.05) is 31.1 Å². The van der Waals surface area contributed by atoms with Crippen LogP contribution in [0.4, 0.5) is 23.2 Å². The van der Waals surface area contributed by atoms with Crippen LogP contribution in [0.1, 0.15) is 33.5 Å². The van der Waals surface area contributed by atoms with Gasteiger partial charge in [-0.05, 0) is 48.0 Å². The molecule has 2 aromatic heterocycles. The normalized spacial score (nSPS) is 13.1. The molecule has 3 heterocycles. The van der Waals surface area contributed by atoms with E-state index >= 15 is 0 Å². The van der Waals surface area contributed by atoms with Crippen LogP contribution < -0.4 is 10.5 Å². The summed E-state index contributed by atoms with van der Waals surface area (Å²) in [5.41, 5.74) is 0.0595. The number of anilines is 1. The van der Waals surface area contributed by atoms with Crippen LogP contribution >= 0.6 is 0 Å². The first-order chi connectivity index (χ1) is 23.6. The Bertz CT molecular complexity index is 2070. The number of hydrogen-bond donors (Lipinski definition) is 0. The van der Waals surface area contributed by atoms with Crippen LogP contribution in [0.25, 0.3) is 5.69 Å². The molecule has 0 radical (unpaired) electrons. The second-order valence-corrected chi connectivity index (χ2v) is 11.6. The number of piperazine rings is 1. The van der Waals surface area contributed by atoms with Crippen molar-refractivity contribution in [1.82, 2.24) is 19.2 Å². The first-order valence-electron chi connectivity index (χ1n) is 15.4. The van der Waals surface area contributed by atoms with E-state index in [9.17, 15) is 36.7 Å². The summed E-state index contributed by atoms with van der Waals surface area (Å²) in [4.78, 5) is 56.3. The fourth-order valence-corrected chi connectivity index (χ4v) is 5.77. The Morgan fingerprint density at radius 2 is 1.45 bits per heavy atom. The standard InChI is InChI=1S/C36H29F4N5O4/c37-25-18-31(39)28(32(40)19-25)16-23-17-29(35(48)44(21-23)22-24-4-1-2-5-30(24)38)33(46)20-34(47)36(49)43-14-12-42(13-15-43)26-6-8-27(9-7-26)45-11-3-10-41-45/h1-11,17-19,21H,12-16,20,22H2. The van der Waals surface area contributed by atoms with Crippen LogP contribution in [-0.2, 0) is 22.6 Å². The lowest BCUT2D eigenvalue weighted by atomic mass is 10.00. The number of aromatic nitrogens is 3. The molecule has 6 rings (SSSR count). The summed E-state index contributed by atoms with van der Waals surface area (Å²) in [5.74, 6) is -6.99. The second kappa shape index (κ2) is 14.1. The number of benzene rings is 3. The zero-order chi connectivity index (χ0) is 34.7. The molecule has 0 bridgehead atoms. The van der Waals surface area contributed by atoms with E-state index in [1.165, 1.54) is 29.3 Å². The highest BCUT2D eigenvalue weighted by atomic mass is 19.1. The number of carbonyl (C=O) groups excluding carboxylic acids is 3. The van der Waals surface area contributed by atoms with E-state index < -0.39 is 70.3 Å². The van der Waals surface area contributed by atoms with E-state index in [-0.39, 0.29) is 30.8 Å². The quantitative estimate of drug-likeness (QED) is 0.0923. The number of carbonyl (C=O) groups is 3. The minimum Gasteiger partial charge on any atom is -0.368 e. The van der Waals surface area contributed by atoms with Gasteiger partial charge in [-0.25, -0.2) is 22.2 Å². The average molecular weight is 672 g/mol. The zero-order valence-electron chi connectivity index (χ0n) is 26.0. The molecule has 9 nitrogen and oxygen atoms in total. The van der Waals surface area contributed by atoms with Crippen molar-refractivity contribution in [3.8, 4) is 5.69 Å². The predicted octanol–water partition coefficient (Wildman–Crippen LogP) is 4.72. The third-order valence-corrected chi connectivity index (χ3v) is 8.34. The number of amides is 1. The van der Waals surface area contributed by atoms with Gasteiger partial charge in [0.15, 0.2) is 5.78 Å². The fraction of sp³-hybridized carbons (Fsp3) is 0.194. The van der Waals surface area contributed by atoms with Crippen LogP contribution in [-0.4, -0.2) is 62.9 Å². The molecular formula is C36H29F4N5O4. The molecule has 0 saturated carbocycles. The van der Waals surface area contributed by atoms with Gasteiger partial charge >= 0.3 is 0 Å². The maximum atomic E-state index is 14.5. The molecule has 0 unspecified atom stereocenters. The first-order valence-corrected chi connectivity index (χ1v) is 15.4. The topological polar surface area (TPSA) is 97.5 Å². The predicted molar refractivity (Wildman–Crippen MR) is 172 cm³/mol. The fourth-order valence-electron chi connectivity index (χ4n) is 5.77. The van der Waals surface area contributed by atoms with Crippen LogP contribution in [0.5, 0.6) is 0 Å². The molecule has 5 aromatic rings. The Balaban J connectivity index is 1.17. The number of hydrogen-bond acceptors (Lipinski definition) is 6. The van der Waals surface area contributed by atoms with Crippen molar-refractivity contribution in [3.05, 3.63) is 147 Å². The van der Waals surface area contributed by atoms with Crippen LogP contribution in [0.2, 0.25) is 0 Å². The second-order valence-electron chi connectivity index (χ2n) is 11.6. The van der Waals surface area contributed by atoms with E-state index in [0.29, 0.717) is 25.2 Å². The highest BCUT2D eigenvalue weighted by Gasteiger charge is 2.29. The molecular weight excluding hydrogens is 642 g/mol. The smallest absolute Gasteiger partial charge is 0.290 e. The molecule has 0 atom stereocenters. The summed E-state index contributed by atoms with van der Waals surface area (Å²) < 4.78 is 59.7. The molecule has 3 aromatic carbocycles. The molecule has 250 valence electrons. The SMILES string of the molecule is O=C(CC(=O)c1cc(Cc2c(F)cc(F)cc2F)cn(Cc2ccccc2F)c1=O)C(=O)N1CCN(c2ccc(-n3cccn3)cc2)CC1. The Hall–Kier alpha value is -5.85. The zero-order valence-corrected chi connectivity index (χ0v) is 26.0. The Morgan fingerprint density at radius 1 is 0.776 bits per heavy atom. The van der Waals surface area contributed by atoms with E-state index in [2.05, 4.69) is 10.00 Å². The van der Waals surface area contributed by atoms with E-state index in [0.717, 1.165) is 22.0 Å². The summed E-state index contributed by atoms with van der Waals surface area (Å²) in [7, 11) is 0. The molecule has 1 aliphatic rings. The van der Waals surface area contributed by atoms with Gasteiger partial charge in [0.25, 0.3) is 11.5 Å². The van der Waals surface area contributed by atoms with Crippen molar-refractivity contribution < 1.29 is 31.9 Å². The summed E-state index contributed by atoms with van der Waals surface area (Å²) >= 11 is 0. The maximum Gasteiger partial charge on any atom is 0.290 e. The van der Waals surface area contributed by atoms with Gasteiger partial charge in [0.1, 0.15) is 23.3 Å². The molecule has 1 aliphatic heterocycles. The molecule has 1 amide bonds. The van der Waals surface area contributed by atoms with Crippen molar-refractivity contribution in [3.63, 3.8) is 0 Å². The number of rotatable bonds is 10. The third-order valence-electron chi connectivity index (χ3n) is 8.34. The average Bonchev–Trinajstić information content (AvgIpc) is 3.64. The minimum atomic E-state index is -1.18. The van der Waals surface area contributed by atoms with E-state index in [1.807, 2.05) is 36.5 Å². The number of pyridine rings is 1. The van der Waals surface area contributed by atoms with Gasteiger partial charge in [-0.15, -0.1) is 0 Å². The Labute approximate surface area is 277 Å². The van der Waals surface area contributed by atoms with Crippen molar-refractivity contribution >= 4 is 23.2 Å². The van der Waals surface area contributed by atoms with Gasteiger partial charge in [0, 0.05) is 80.1 Å². The van der Waals surface area contributed by atoms with Crippen LogP contribution in [0, 0.1) is 23.3 Å². The van der Waals surface area contributed by atoms with E-state index in [1.54, 1.807) is 16.9 Å². The molecule has 49 heavy (non-hydrogen) atoms. The number of Topliss-reactive ketones (excluding diaryl/α,β-unsaturated/α-hetero) is 2. The summed E-state index contributed by atoms with van der Waals surface area (Å²) in [5, 5.41) is 4.21. The lowest BCUT2D eigenvalue weighted by molar-refractivity contribution is -0.144. The summed E-state index contributed by atoms with van der Waals surface area (Å²) in [6.45, 7) is 0.983.